The van der Waals surface area contributed by atoms with Gasteiger partial charge >= 0.3 is 5.97 Å². The van der Waals surface area contributed by atoms with E-state index in [1.165, 1.54) is 33.1 Å². The predicted molar refractivity (Wildman–Crippen MR) is 180 cm³/mol. The van der Waals surface area contributed by atoms with Gasteiger partial charge in [0.1, 0.15) is 59.6 Å². The fraction of sp³-hybridized carbons (Fsp3) is 0.361. The first-order valence-corrected chi connectivity index (χ1v) is 16.5. The second kappa shape index (κ2) is 14.0. The first kappa shape index (κ1) is 38.1. The molecule has 0 saturated carbocycles. The molecule has 10 N–H and O–H groups in total. The van der Waals surface area contributed by atoms with Crippen molar-refractivity contribution >= 4 is 29.4 Å². The minimum absolute atomic E-state index is 0.00916. The van der Waals surface area contributed by atoms with E-state index in [0.29, 0.717) is 0 Å². The van der Waals surface area contributed by atoms with Crippen molar-refractivity contribution in [1.29, 1.82) is 0 Å². The normalized spacial score (nSPS) is 24.7. The van der Waals surface area contributed by atoms with Gasteiger partial charge in [-0.2, -0.15) is 0 Å². The lowest BCUT2D eigenvalue weighted by Crippen LogP contribution is -2.64. The number of phenolic OH excluding ortho intramolecular Hbond substituents is 3. The van der Waals surface area contributed by atoms with E-state index in [0.717, 1.165) is 19.1 Å². The number of benzene rings is 3. The van der Waals surface area contributed by atoms with E-state index >= 15 is 0 Å². The van der Waals surface area contributed by atoms with Crippen LogP contribution in [0.15, 0.2) is 24.3 Å². The van der Waals surface area contributed by atoms with Crippen LogP contribution in [0.25, 0.3) is 11.1 Å². The first-order valence-electron chi connectivity index (χ1n) is 16.5. The molecule has 18 heteroatoms. The fourth-order valence-corrected chi connectivity index (χ4v) is 7.17. The molecule has 1 fully saturated rings. The molecule has 6 rings (SSSR count). The highest BCUT2D eigenvalue weighted by atomic mass is 16.7. The maximum Gasteiger partial charge on any atom is 0.325 e. The van der Waals surface area contributed by atoms with E-state index in [2.05, 4.69) is 10.6 Å². The number of aliphatic carboxylic acids is 1. The molecule has 0 bridgehead atoms. The summed E-state index contributed by atoms with van der Waals surface area (Å²) in [7, 11) is 1.26. The Morgan fingerprint density at radius 1 is 0.889 bits per heavy atom. The van der Waals surface area contributed by atoms with Gasteiger partial charge < -0.3 is 65.7 Å². The van der Waals surface area contributed by atoms with Crippen molar-refractivity contribution in [3.8, 4) is 34.1 Å². The number of amides is 2. The summed E-state index contributed by atoms with van der Waals surface area (Å²) in [6, 6.07) is 1.84. The van der Waals surface area contributed by atoms with E-state index in [1.807, 2.05) is 0 Å². The topological polar surface area (TPSA) is 299 Å². The van der Waals surface area contributed by atoms with Gasteiger partial charge in [-0.1, -0.05) is 6.07 Å². The van der Waals surface area contributed by atoms with Crippen molar-refractivity contribution < 1.29 is 79.0 Å². The summed E-state index contributed by atoms with van der Waals surface area (Å²) in [5, 5.41) is 92.3. The van der Waals surface area contributed by atoms with Gasteiger partial charge in [-0.25, -0.2) is 0 Å². The number of methoxy groups -OCH3 is 1. The molecule has 286 valence electrons. The number of aliphatic hydroxyl groups excluding tert-OH is 4. The van der Waals surface area contributed by atoms with E-state index in [1.54, 1.807) is 0 Å². The number of nitrogens with one attached hydrogen (secondary N) is 2. The van der Waals surface area contributed by atoms with Crippen molar-refractivity contribution in [1.82, 2.24) is 10.6 Å². The van der Waals surface area contributed by atoms with Crippen LogP contribution in [0, 0.1) is 6.92 Å². The highest BCUT2D eigenvalue weighted by Gasteiger charge is 2.49. The second-order valence-corrected chi connectivity index (χ2v) is 13.2. The molecule has 18 nitrogen and oxygen atoms in total. The summed E-state index contributed by atoms with van der Waals surface area (Å²) in [6.45, 7) is 2.90. The van der Waals surface area contributed by atoms with Crippen LogP contribution in [0.2, 0.25) is 0 Å². The van der Waals surface area contributed by atoms with Crippen LogP contribution in [0.5, 0.6) is 23.0 Å². The number of aliphatic hydroxyl groups is 4. The smallest absolute Gasteiger partial charge is 0.325 e. The van der Waals surface area contributed by atoms with Crippen molar-refractivity contribution in [2.45, 2.75) is 69.7 Å². The molecule has 1 heterocycles. The molecule has 0 radical (unpaired) electrons. The predicted octanol–water partition coefficient (Wildman–Crippen LogP) is -0.186. The zero-order valence-corrected chi connectivity index (χ0v) is 29.0. The van der Waals surface area contributed by atoms with Crippen molar-refractivity contribution in [2.24, 2.45) is 0 Å². The van der Waals surface area contributed by atoms with E-state index in [-0.39, 0.29) is 28.0 Å². The number of hydrogen-bond donors (Lipinski definition) is 10. The lowest BCUT2D eigenvalue weighted by atomic mass is 9.74. The molecule has 1 saturated heterocycles. The van der Waals surface area contributed by atoms with Crippen LogP contribution >= 0.6 is 0 Å². The third kappa shape index (κ3) is 5.98. The molecule has 3 aromatic rings. The number of aromatic hydroxyl groups is 3. The summed E-state index contributed by atoms with van der Waals surface area (Å²) in [4.78, 5) is 64.5. The number of carbonyl (C=O) groups is 5. The minimum Gasteiger partial charge on any atom is -0.507 e. The molecular formula is C36H36N2O16. The summed E-state index contributed by atoms with van der Waals surface area (Å²) < 4.78 is 16.9. The van der Waals surface area contributed by atoms with Crippen LogP contribution < -0.4 is 15.4 Å². The van der Waals surface area contributed by atoms with Crippen LogP contribution in [0.3, 0.4) is 0 Å². The maximum absolute atomic E-state index is 14.0. The number of carbonyl (C=O) groups excluding carboxylic acids is 4. The van der Waals surface area contributed by atoms with Gasteiger partial charge in [0.2, 0.25) is 5.91 Å². The van der Waals surface area contributed by atoms with Crippen molar-refractivity contribution in [2.75, 3.05) is 13.7 Å². The molecule has 0 spiro atoms. The van der Waals surface area contributed by atoms with Gasteiger partial charge in [0.15, 0.2) is 17.9 Å². The summed E-state index contributed by atoms with van der Waals surface area (Å²) in [5.41, 5.74) is -3.58. The Morgan fingerprint density at radius 2 is 1.52 bits per heavy atom. The molecule has 3 aliphatic rings. The highest BCUT2D eigenvalue weighted by Crippen LogP contribution is 2.57. The van der Waals surface area contributed by atoms with Crippen LogP contribution in [0.4, 0.5) is 0 Å². The SMILES string of the molecule is COc1cc(O)c2c(c1)C(=O)c1c(cc3c(c1O)-c1c(cc(C)c(C(=O)N[C@H](C)C(=O)O)c1O)[C@H](O[C@@H]1O[C@H](CO)[C@H](NC(C)=O)[C@H](O)[C@H]1O)[C@H]3O)C2=O. The van der Waals surface area contributed by atoms with Gasteiger partial charge in [-0.05, 0) is 42.7 Å². The number of hydrogen-bond acceptors (Lipinski definition) is 15. The molecule has 2 aliphatic carbocycles. The lowest BCUT2D eigenvalue weighted by Gasteiger charge is -2.44. The number of rotatable bonds is 8. The Kier molecular flexibility index (Phi) is 9.86. The fourth-order valence-electron chi connectivity index (χ4n) is 7.17. The van der Waals surface area contributed by atoms with Crippen molar-refractivity contribution in [3.05, 3.63) is 68.8 Å². The van der Waals surface area contributed by atoms with Gasteiger partial charge in [-0.15, -0.1) is 0 Å². The highest BCUT2D eigenvalue weighted by molar-refractivity contribution is 6.31. The van der Waals surface area contributed by atoms with Gasteiger partial charge in [0, 0.05) is 35.2 Å². The number of phenols is 3. The molecule has 8 atom stereocenters. The number of carboxylic acid groups (broad SMARTS) is 1. The Bertz CT molecular complexity index is 2130. The minimum atomic E-state index is -1.92. The van der Waals surface area contributed by atoms with E-state index < -0.39 is 135 Å². The molecule has 2 amide bonds. The van der Waals surface area contributed by atoms with Crippen molar-refractivity contribution in [3.63, 3.8) is 0 Å². The standard InChI is InChI=1S/C36H36N2O16/c1-10-5-17-23(29(45)20(10)34(49)37-11(2)35(50)51)22-15(28(44)33(17)54-36-32(48)31(47)25(38-12(3)40)19(9-39)53-36)8-16-24(30(22)46)27(43)14-6-13(52-4)7-18(41)21(14)26(16)42/h5-8,11,19,25,28,31-33,36,39,41,44-48H,9H2,1-4H3,(H,37,49)(H,38,40)(H,50,51)/t11-,19-,25+,28+,31+,32-,33+,36+/m1/s1. The Hall–Kier alpha value is -5.63. The van der Waals surface area contributed by atoms with Crippen LogP contribution in [-0.4, -0.2) is 121 Å². The Balaban J connectivity index is 1.56. The Labute approximate surface area is 305 Å². The monoisotopic (exact) mass is 752 g/mol. The van der Waals surface area contributed by atoms with E-state index in [9.17, 15) is 64.8 Å². The third-order valence-corrected chi connectivity index (χ3v) is 9.77. The molecule has 3 aromatic carbocycles. The molecule has 1 aliphatic heterocycles. The molecule has 0 unspecified atom stereocenters. The molecular weight excluding hydrogens is 716 g/mol. The summed E-state index contributed by atoms with van der Waals surface area (Å²) in [5.74, 6) is -7.34. The first-order chi connectivity index (χ1) is 25.4. The quantitative estimate of drug-likeness (QED) is 0.112. The number of carboxylic acids is 1. The Morgan fingerprint density at radius 3 is 2.13 bits per heavy atom. The lowest BCUT2D eigenvalue weighted by molar-refractivity contribution is -0.301. The molecule has 54 heavy (non-hydrogen) atoms. The van der Waals surface area contributed by atoms with E-state index in [4.69, 9.17) is 14.2 Å². The summed E-state index contributed by atoms with van der Waals surface area (Å²) >= 11 is 0. The zero-order valence-electron chi connectivity index (χ0n) is 29.0. The molecule has 0 aromatic heterocycles. The third-order valence-electron chi connectivity index (χ3n) is 9.77. The maximum atomic E-state index is 14.0. The van der Waals surface area contributed by atoms with Gasteiger partial charge in [-0.3, -0.25) is 24.0 Å². The number of fused-ring (bicyclic) bond motifs is 5. The average molecular weight is 753 g/mol. The second-order valence-electron chi connectivity index (χ2n) is 13.2. The number of ketones is 2. The van der Waals surface area contributed by atoms with Gasteiger partial charge in [0.25, 0.3) is 5.91 Å². The zero-order chi connectivity index (χ0) is 39.7. The largest absolute Gasteiger partial charge is 0.507 e. The number of ether oxygens (including phenoxy) is 3. The number of aryl methyl sites for hydroxylation is 1. The van der Waals surface area contributed by atoms with Crippen LogP contribution in [-0.2, 0) is 19.1 Å². The van der Waals surface area contributed by atoms with Crippen LogP contribution in [0.1, 0.15) is 84.9 Å². The van der Waals surface area contributed by atoms with Gasteiger partial charge in [0.05, 0.1) is 36.4 Å². The summed E-state index contributed by atoms with van der Waals surface area (Å²) in [6.07, 6.45) is -10.5. The average Bonchev–Trinajstić information content (AvgIpc) is 3.11.